The number of hydrogen-bond acceptors (Lipinski definition) is 2. The fourth-order valence-corrected chi connectivity index (χ4v) is 1.55. The monoisotopic (exact) mass is 190 g/mol. The first-order valence-corrected chi connectivity index (χ1v) is 4.86. The number of aliphatic hydroxyl groups excluding tert-OH is 1. The summed E-state index contributed by atoms with van der Waals surface area (Å²) in [5.74, 6) is 0. The molecule has 2 nitrogen and oxygen atoms in total. The number of hydrogen-bond donors (Lipinski definition) is 1. The average Bonchev–Trinajstić information content (AvgIpc) is 2.63. The third-order valence-electron chi connectivity index (χ3n) is 2.33. The topological polar surface area (TPSA) is 29.5 Å². The molecule has 1 aliphatic carbocycles. The van der Waals surface area contributed by atoms with Crippen LogP contribution >= 0.6 is 0 Å². The van der Waals surface area contributed by atoms with E-state index in [1.807, 2.05) is 36.4 Å². The summed E-state index contributed by atoms with van der Waals surface area (Å²) in [6.07, 6.45) is 4.15. The van der Waals surface area contributed by atoms with E-state index in [0.29, 0.717) is 13.0 Å². The minimum absolute atomic E-state index is 0.0743. The van der Waals surface area contributed by atoms with E-state index >= 15 is 0 Å². The molecule has 0 spiro atoms. The van der Waals surface area contributed by atoms with Crippen molar-refractivity contribution in [1.82, 2.24) is 0 Å². The predicted molar refractivity (Wildman–Crippen MR) is 54.8 cm³/mol. The lowest BCUT2D eigenvalue weighted by Gasteiger charge is -2.10. The van der Waals surface area contributed by atoms with Gasteiger partial charge >= 0.3 is 0 Å². The number of benzene rings is 1. The maximum absolute atomic E-state index is 9.23. The molecule has 0 unspecified atom stereocenters. The molecule has 0 heterocycles. The molecule has 0 amide bonds. The van der Waals surface area contributed by atoms with Crippen LogP contribution in [0, 0.1) is 0 Å². The second kappa shape index (κ2) is 4.40. The van der Waals surface area contributed by atoms with Gasteiger partial charge in [0.15, 0.2) is 0 Å². The van der Waals surface area contributed by atoms with Gasteiger partial charge in [-0.1, -0.05) is 42.5 Å². The lowest BCUT2D eigenvalue weighted by molar-refractivity contribution is 0.0528. The minimum Gasteiger partial charge on any atom is -0.389 e. The highest BCUT2D eigenvalue weighted by Gasteiger charge is 2.16. The highest BCUT2D eigenvalue weighted by atomic mass is 16.5. The third-order valence-corrected chi connectivity index (χ3v) is 2.33. The Morgan fingerprint density at radius 3 is 2.64 bits per heavy atom. The summed E-state index contributed by atoms with van der Waals surface area (Å²) in [4.78, 5) is 0. The molecule has 0 bridgehead atoms. The van der Waals surface area contributed by atoms with Crippen molar-refractivity contribution in [2.45, 2.75) is 25.2 Å². The zero-order chi connectivity index (χ0) is 9.80. The van der Waals surface area contributed by atoms with Gasteiger partial charge in [0, 0.05) is 6.42 Å². The molecule has 1 aliphatic rings. The van der Waals surface area contributed by atoms with Gasteiger partial charge in [-0.05, 0) is 5.56 Å². The zero-order valence-corrected chi connectivity index (χ0v) is 7.97. The molecule has 14 heavy (non-hydrogen) atoms. The van der Waals surface area contributed by atoms with E-state index in [1.54, 1.807) is 6.08 Å². The molecule has 0 fully saturated rings. The number of aliphatic hydroxyl groups is 1. The normalized spacial score (nSPS) is 25.5. The van der Waals surface area contributed by atoms with Crippen molar-refractivity contribution in [3.05, 3.63) is 48.0 Å². The SMILES string of the molecule is O[C@H]1C=C[C@@H](OCc2ccccc2)C1. The lowest BCUT2D eigenvalue weighted by Crippen LogP contribution is -2.10. The molecule has 2 atom stereocenters. The Kier molecular flexibility index (Phi) is 2.96. The second-order valence-electron chi connectivity index (χ2n) is 3.52. The van der Waals surface area contributed by atoms with E-state index in [9.17, 15) is 5.11 Å². The molecule has 0 saturated heterocycles. The van der Waals surface area contributed by atoms with Crippen LogP contribution in [0.5, 0.6) is 0 Å². The summed E-state index contributed by atoms with van der Waals surface area (Å²) in [5, 5.41) is 9.23. The Balaban J connectivity index is 1.81. The molecule has 0 aliphatic heterocycles. The second-order valence-corrected chi connectivity index (χ2v) is 3.52. The van der Waals surface area contributed by atoms with Crippen molar-refractivity contribution in [3.8, 4) is 0 Å². The van der Waals surface area contributed by atoms with Crippen LogP contribution in [0.1, 0.15) is 12.0 Å². The van der Waals surface area contributed by atoms with Crippen molar-refractivity contribution >= 4 is 0 Å². The molecule has 1 aromatic carbocycles. The summed E-state index contributed by atoms with van der Waals surface area (Å²) < 4.78 is 5.61. The molecular weight excluding hydrogens is 176 g/mol. The quantitative estimate of drug-likeness (QED) is 0.737. The predicted octanol–water partition coefficient (Wildman–Crippen LogP) is 1.89. The largest absolute Gasteiger partial charge is 0.389 e. The standard InChI is InChI=1S/C12H14O2/c13-11-6-7-12(8-11)14-9-10-4-2-1-3-5-10/h1-7,11-13H,8-9H2/t11-,12+/m0/s1. The maximum atomic E-state index is 9.23. The Hall–Kier alpha value is -1.12. The summed E-state index contributed by atoms with van der Waals surface area (Å²) >= 11 is 0. The van der Waals surface area contributed by atoms with E-state index in [4.69, 9.17) is 4.74 Å². The molecule has 2 heteroatoms. The van der Waals surface area contributed by atoms with E-state index in [0.717, 1.165) is 0 Å². The Morgan fingerprint density at radius 1 is 1.21 bits per heavy atom. The van der Waals surface area contributed by atoms with Gasteiger partial charge in [0.05, 0.1) is 18.8 Å². The molecule has 0 radical (unpaired) electrons. The van der Waals surface area contributed by atoms with Crippen molar-refractivity contribution in [1.29, 1.82) is 0 Å². The Bertz CT molecular complexity index is 305. The van der Waals surface area contributed by atoms with Crippen LogP contribution < -0.4 is 0 Å². The summed E-state index contributed by atoms with van der Waals surface area (Å²) in [7, 11) is 0. The van der Waals surface area contributed by atoms with Crippen molar-refractivity contribution in [3.63, 3.8) is 0 Å². The lowest BCUT2D eigenvalue weighted by atomic mass is 10.2. The summed E-state index contributed by atoms with van der Waals surface area (Å²) in [6, 6.07) is 10.1. The molecule has 2 rings (SSSR count). The van der Waals surface area contributed by atoms with Gasteiger partial charge in [-0.25, -0.2) is 0 Å². The molecule has 0 saturated carbocycles. The molecule has 0 aromatic heterocycles. The summed E-state index contributed by atoms with van der Waals surface area (Å²) in [5.41, 5.74) is 1.17. The molecule has 74 valence electrons. The Morgan fingerprint density at radius 2 is 2.00 bits per heavy atom. The van der Waals surface area contributed by atoms with Crippen LogP contribution in [0.15, 0.2) is 42.5 Å². The third kappa shape index (κ3) is 2.44. The van der Waals surface area contributed by atoms with Crippen molar-refractivity contribution in [2.75, 3.05) is 0 Å². The molecule has 1 N–H and O–H groups in total. The van der Waals surface area contributed by atoms with Gasteiger partial charge in [0.1, 0.15) is 0 Å². The Labute approximate surface area is 83.8 Å². The van der Waals surface area contributed by atoms with Gasteiger partial charge < -0.3 is 9.84 Å². The average molecular weight is 190 g/mol. The highest BCUT2D eigenvalue weighted by molar-refractivity contribution is 5.14. The van der Waals surface area contributed by atoms with Crippen molar-refractivity contribution in [2.24, 2.45) is 0 Å². The van der Waals surface area contributed by atoms with Crippen LogP contribution in [-0.2, 0) is 11.3 Å². The smallest absolute Gasteiger partial charge is 0.0789 e. The number of rotatable bonds is 3. The van der Waals surface area contributed by atoms with Crippen LogP contribution in [0.4, 0.5) is 0 Å². The molecule has 1 aromatic rings. The number of ether oxygens (including phenoxy) is 1. The first kappa shape index (κ1) is 9.44. The minimum atomic E-state index is -0.323. The van der Waals surface area contributed by atoms with Gasteiger partial charge in [0.25, 0.3) is 0 Å². The van der Waals surface area contributed by atoms with E-state index < -0.39 is 0 Å². The van der Waals surface area contributed by atoms with Gasteiger partial charge in [-0.15, -0.1) is 0 Å². The van der Waals surface area contributed by atoms with Gasteiger partial charge in [-0.2, -0.15) is 0 Å². The van der Waals surface area contributed by atoms with Gasteiger partial charge in [0.2, 0.25) is 0 Å². The zero-order valence-electron chi connectivity index (χ0n) is 7.97. The fraction of sp³-hybridized carbons (Fsp3) is 0.333. The van der Waals surface area contributed by atoms with E-state index in [-0.39, 0.29) is 12.2 Å². The van der Waals surface area contributed by atoms with Crippen LogP contribution in [0.25, 0.3) is 0 Å². The fourth-order valence-electron chi connectivity index (χ4n) is 1.55. The van der Waals surface area contributed by atoms with Crippen molar-refractivity contribution < 1.29 is 9.84 Å². The highest BCUT2D eigenvalue weighted by Crippen LogP contribution is 2.15. The molecular formula is C12H14O2. The van der Waals surface area contributed by atoms with Crippen LogP contribution in [0.2, 0.25) is 0 Å². The van der Waals surface area contributed by atoms with Crippen LogP contribution in [0.3, 0.4) is 0 Å². The first-order valence-electron chi connectivity index (χ1n) is 4.86. The van der Waals surface area contributed by atoms with E-state index in [1.165, 1.54) is 5.56 Å². The van der Waals surface area contributed by atoms with E-state index in [2.05, 4.69) is 0 Å². The maximum Gasteiger partial charge on any atom is 0.0789 e. The van der Waals surface area contributed by atoms with Crippen LogP contribution in [-0.4, -0.2) is 17.3 Å². The van der Waals surface area contributed by atoms with Gasteiger partial charge in [-0.3, -0.25) is 0 Å². The first-order chi connectivity index (χ1) is 6.84. The summed E-state index contributed by atoms with van der Waals surface area (Å²) in [6.45, 7) is 0.614.